The summed E-state index contributed by atoms with van der Waals surface area (Å²) in [6.45, 7) is 2.42. The minimum Gasteiger partial charge on any atom is -0.326 e. The molecule has 26 heavy (non-hydrogen) atoms. The molecule has 0 atom stereocenters. The lowest BCUT2D eigenvalue weighted by atomic mass is 9.95. The van der Waals surface area contributed by atoms with Gasteiger partial charge in [-0.05, 0) is 61.8 Å². The predicted molar refractivity (Wildman–Crippen MR) is 105 cm³/mol. The zero-order chi connectivity index (χ0) is 18.7. The van der Waals surface area contributed by atoms with E-state index in [1.54, 1.807) is 6.07 Å². The number of halogens is 4. The number of anilines is 1. The lowest BCUT2D eigenvalue weighted by Crippen LogP contribution is -2.37. The van der Waals surface area contributed by atoms with Crippen molar-refractivity contribution in [1.29, 1.82) is 0 Å². The number of hydrogen-bond donors (Lipinski definition) is 1. The van der Waals surface area contributed by atoms with Crippen LogP contribution < -0.4 is 5.32 Å². The average Bonchev–Trinajstić information content (AvgIpc) is 2.62. The maximum atomic E-state index is 13.2. The molecule has 0 radical (unpaired) electrons. The highest BCUT2D eigenvalue weighted by atomic mass is 35.5. The van der Waals surface area contributed by atoms with E-state index in [0.717, 1.165) is 38.0 Å². The van der Waals surface area contributed by atoms with Gasteiger partial charge in [-0.25, -0.2) is 4.39 Å². The van der Waals surface area contributed by atoms with Crippen LogP contribution >= 0.6 is 34.8 Å². The molecular weight excluding hydrogens is 398 g/mol. The van der Waals surface area contributed by atoms with E-state index in [1.807, 2.05) is 12.1 Å². The molecule has 3 rings (SSSR count). The summed E-state index contributed by atoms with van der Waals surface area (Å²) in [4.78, 5) is 14.7. The highest BCUT2D eigenvalue weighted by Gasteiger charge is 2.25. The van der Waals surface area contributed by atoms with Crippen LogP contribution in [0, 0.1) is 11.7 Å². The Balaban J connectivity index is 1.51. The molecule has 1 saturated heterocycles. The summed E-state index contributed by atoms with van der Waals surface area (Å²) in [5.74, 6) is -0.619. The monoisotopic (exact) mass is 414 g/mol. The molecule has 1 N–H and O–H groups in total. The summed E-state index contributed by atoms with van der Waals surface area (Å²) in [7, 11) is 0. The quantitative estimate of drug-likeness (QED) is 0.701. The maximum absolute atomic E-state index is 13.2. The standard InChI is InChI=1S/C19H18Cl3FN2O/c20-15-3-1-12(9-16(15)21)11-25-7-5-13(6-8-25)19(26)24-14-2-4-18(23)17(22)10-14/h1-4,9-10,13H,5-8,11H2,(H,24,26). The van der Waals surface area contributed by atoms with Crippen molar-refractivity contribution >= 4 is 46.4 Å². The van der Waals surface area contributed by atoms with Crippen molar-refractivity contribution in [2.75, 3.05) is 18.4 Å². The highest BCUT2D eigenvalue weighted by molar-refractivity contribution is 6.42. The minimum atomic E-state index is -0.500. The molecule has 0 saturated carbocycles. The summed E-state index contributed by atoms with van der Waals surface area (Å²) in [6, 6.07) is 9.82. The van der Waals surface area contributed by atoms with Gasteiger partial charge < -0.3 is 5.32 Å². The van der Waals surface area contributed by atoms with Crippen LogP contribution in [0.25, 0.3) is 0 Å². The van der Waals surface area contributed by atoms with E-state index in [-0.39, 0.29) is 16.8 Å². The van der Waals surface area contributed by atoms with E-state index in [0.29, 0.717) is 15.7 Å². The van der Waals surface area contributed by atoms with E-state index in [1.165, 1.54) is 18.2 Å². The first-order valence-corrected chi connectivity index (χ1v) is 9.48. The first-order chi connectivity index (χ1) is 12.4. The Labute approximate surface area is 167 Å². The second kappa shape index (κ2) is 8.57. The summed E-state index contributed by atoms with van der Waals surface area (Å²) in [5.41, 5.74) is 1.61. The summed E-state index contributed by atoms with van der Waals surface area (Å²) >= 11 is 17.8. The maximum Gasteiger partial charge on any atom is 0.227 e. The molecule has 138 valence electrons. The summed E-state index contributed by atoms with van der Waals surface area (Å²) in [6.07, 6.45) is 1.53. The molecule has 3 nitrogen and oxygen atoms in total. The molecule has 1 heterocycles. The number of nitrogens with one attached hydrogen (secondary N) is 1. The molecule has 2 aromatic rings. The van der Waals surface area contributed by atoms with Gasteiger partial charge in [-0.1, -0.05) is 40.9 Å². The van der Waals surface area contributed by atoms with Crippen molar-refractivity contribution in [2.24, 2.45) is 5.92 Å². The molecule has 7 heteroatoms. The summed E-state index contributed by atoms with van der Waals surface area (Å²) < 4.78 is 13.2. The van der Waals surface area contributed by atoms with Crippen molar-refractivity contribution in [2.45, 2.75) is 19.4 Å². The van der Waals surface area contributed by atoms with Crippen molar-refractivity contribution in [1.82, 2.24) is 4.90 Å². The minimum absolute atomic E-state index is 0.000699. The van der Waals surface area contributed by atoms with Crippen LogP contribution in [0.3, 0.4) is 0 Å². The van der Waals surface area contributed by atoms with Gasteiger partial charge in [0.25, 0.3) is 0 Å². The van der Waals surface area contributed by atoms with Crippen LogP contribution in [0.1, 0.15) is 18.4 Å². The van der Waals surface area contributed by atoms with E-state index in [2.05, 4.69) is 10.2 Å². The molecule has 1 aliphatic heterocycles. The van der Waals surface area contributed by atoms with Crippen LogP contribution in [-0.4, -0.2) is 23.9 Å². The zero-order valence-corrected chi connectivity index (χ0v) is 16.2. The van der Waals surface area contributed by atoms with Crippen molar-refractivity contribution in [3.63, 3.8) is 0 Å². The third-order valence-corrected chi connectivity index (χ3v) is 5.56. The Hall–Kier alpha value is -1.33. The number of carbonyl (C=O) groups excluding carboxylic acids is 1. The predicted octanol–water partition coefficient (Wildman–Crippen LogP) is 5.64. The molecule has 0 bridgehead atoms. The third kappa shape index (κ3) is 4.89. The van der Waals surface area contributed by atoms with Crippen molar-refractivity contribution in [3.05, 3.63) is 62.8 Å². The highest BCUT2D eigenvalue weighted by Crippen LogP contribution is 2.26. The molecular formula is C19H18Cl3FN2O. The first-order valence-electron chi connectivity index (χ1n) is 8.34. The average molecular weight is 416 g/mol. The number of piperidine rings is 1. The number of carbonyl (C=O) groups is 1. The van der Waals surface area contributed by atoms with Gasteiger partial charge in [-0.3, -0.25) is 9.69 Å². The Morgan fingerprint density at radius 3 is 2.42 bits per heavy atom. The van der Waals surface area contributed by atoms with E-state index in [4.69, 9.17) is 34.8 Å². The topological polar surface area (TPSA) is 32.3 Å². The molecule has 0 unspecified atom stereocenters. The van der Waals surface area contributed by atoms with Crippen LogP contribution in [-0.2, 0) is 11.3 Å². The van der Waals surface area contributed by atoms with Crippen molar-refractivity contribution < 1.29 is 9.18 Å². The molecule has 1 fully saturated rings. The van der Waals surface area contributed by atoms with Gasteiger partial charge in [0.1, 0.15) is 5.82 Å². The van der Waals surface area contributed by atoms with Gasteiger partial charge >= 0.3 is 0 Å². The Morgan fingerprint density at radius 2 is 1.77 bits per heavy atom. The molecule has 0 spiro atoms. The van der Waals surface area contributed by atoms with Gasteiger partial charge in [0.2, 0.25) is 5.91 Å². The SMILES string of the molecule is O=C(Nc1ccc(F)c(Cl)c1)C1CCN(Cc2ccc(Cl)c(Cl)c2)CC1. The fraction of sp³-hybridized carbons (Fsp3) is 0.316. The molecule has 0 aliphatic carbocycles. The molecule has 1 amide bonds. The van der Waals surface area contributed by atoms with Gasteiger partial charge in [0.05, 0.1) is 15.1 Å². The first kappa shape index (κ1) is 19.4. The lowest BCUT2D eigenvalue weighted by molar-refractivity contribution is -0.121. The fourth-order valence-electron chi connectivity index (χ4n) is 3.07. The lowest BCUT2D eigenvalue weighted by Gasteiger charge is -2.31. The van der Waals surface area contributed by atoms with Gasteiger partial charge in [-0.2, -0.15) is 0 Å². The molecule has 0 aromatic heterocycles. The van der Waals surface area contributed by atoms with E-state index < -0.39 is 5.82 Å². The second-order valence-electron chi connectivity index (χ2n) is 6.42. The number of nitrogens with zero attached hydrogens (tertiary/aromatic N) is 1. The smallest absolute Gasteiger partial charge is 0.227 e. The van der Waals surface area contributed by atoms with Crippen molar-refractivity contribution in [3.8, 4) is 0 Å². The van der Waals surface area contributed by atoms with Gasteiger partial charge in [0.15, 0.2) is 0 Å². The van der Waals surface area contributed by atoms with E-state index >= 15 is 0 Å². The van der Waals surface area contributed by atoms with Crippen LogP contribution in [0.15, 0.2) is 36.4 Å². The fourth-order valence-corrected chi connectivity index (χ4v) is 3.57. The second-order valence-corrected chi connectivity index (χ2v) is 7.64. The number of benzene rings is 2. The zero-order valence-electron chi connectivity index (χ0n) is 13.9. The number of hydrogen-bond acceptors (Lipinski definition) is 2. The van der Waals surface area contributed by atoms with Crippen LogP contribution in [0.4, 0.5) is 10.1 Å². The summed E-state index contributed by atoms with van der Waals surface area (Å²) in [5, 5.41) is 3.92. The Bertz CT molecular complexity index is 807. The van der Waals surface area contributed by atoms with Gasteiger partial charge in [0, 0.05) is 18.2 Å². The molecule has 1 aliphatic rings. The number of likely N-dealkylation sites (tertiary alicyclic amines) is 1. The largest absolute Gasteiger partial charge is 0.326 e. The van der Waals surface area contributed by atoms with Crippen LogP contribution in [0.2, 0.25) is 15.1 Å². The molecule has 2 aromatic carbocycles. The normalized spacial score (nSPS) is 15.8. The number of rotatable bonds is 4. The number of amides is 1. The van der Waals surface area contributed by atoms with Crippen LogP contribution in [0.5, 0.6) is 0 Å². The van der Waals surface area contributed by atoms with E-state index in [9.17, 15) is 9.18 Å². The Morgan fingerprint density at radius 1 is 1.04 bits per heavy atom. The van der Waals surface area contributed by atoms with Gasteiger partial charge in [-0.15, -0.1) is 0 Å². The third-order valence-electron chi connectivity index (χ3n) is 4.54. The Kier molecular flexibility index (Phi) is 6.41.